The fourth-order valence-corrected chi connectivity index (χ4v) is 6.06. The largest absolute Gasteiger partial charge is 0.0952 e. The van der Waals surface area contributed by atoms with E-state index in [1.165, 1.54) is 59.9 Å². The second kappa shape index (κ2) is 8.06. The summed E-state index contributed by atoms with van der Waals surface area (Å²) in [6, 6.07) is 12.1. The van der Waals surface area contributed by atoms with Crippen LogP contribution in [0.4, 0.5) is 0 Å². The van der Waals surface area contributed by atoms with E-state index >= 15 is 0 Å². The van der Waals surface area contributed by atoms with Gasteiger partial charge in [-0.1, -0.05) is 82.2 Å². The average Bonchev–Trinajstić information content (AvgIpc) is 3.49. The molecule has 0 saturated heterocycles. The van der Waals surface area contributed by atoms with Gasteiger partial charge in [0.1, 0.15) is 0 Å². The Morgan fingerprint density at radius 3 is 2.63 bits per heavy atom. The quantitative estimate of drug-likeness (QED) is 0.440. The fourth-order valence-electron chi connectivity index (χ4n) is 6.06. The molecule has 2 aromatic rings. The van der Waals surface area contributed by atoms with Gasteiger partial charge in [-0.3, -0.25) is 0 Å². The monoisotopic (exact) mass is 394 g/mol. The first kappa shape index (κ1) is 19.6. The average molecular weight is 395 g/mol. The molecule has 2 aromatic carbocycles. The van der Waals surface area contributed by atoms with Gasteiger partial charge in [0.25, 0.3) is 0 Å². The summed E-state index contributed by atoms with van der Waals surface area (Å²) in [6.45, 7) is 9.04. The first-order chi connectivity index (χ1) is 14.7. The predicted molar refractivity (Wildman–Crippen MR) is 131 cm³/mol. The van der Waals surface area contributed by atoms with Crippen LogP contribution in [-0.4, -0.2) is 0 Å². The summed E-state index contributed by atoms with van der Waals surface area (Å²) in [5.74, 6) is 1.43. The highest BCUT2D eigenvalue weighted by molar-refractivity contribution is 5.89. The molecule has 0 aliphatic heterocycles. The summed E-state index contributed by atoms with van der Waals surface area (Å²) >= 11 is 0. The van der Waals surface area contributed by atoms with Gasteiger partial charge >= 0.3 is 0 Å². The van der Waals surface area contributed by atoms with Gasteiger partial charge in [-0.05, 0) is 94.2 Å². The highest BCUT2D eigenvalue weighted by Crippen LogP contribution is 2.52. The van der Waals surface area contributed by atoms with Crippen molar-refractivity contribution in [3.63, 3.8) is 0 Å². The van der Waals surface area contributed by atoms with Crippen molar-refractivity contribution >= 4 is 11.1 Å². The summed E-state index contributed by atoms with van der Waals surface area (Å²) in [5, 5.41) is 0. The third-order valence-electron chi connectivity index (χ3n) is 7.76. The molecule has 0 amide bonds. The molecule has 0 heteroatoms. The van der Waals surface area contributed by atoms with Crippen molar-refractivity contribution < 1.29 is 0 Å². The highest BCUT2D eigenvalue weighted by Gasteiger charge is 2.33. The second-order valence-corrected chi connectivity index (χ2v) is 9.48. The van der Waals surface area contributed by atoms with E-state index < -0.39 is 0 Å². The Morgan fingerprint density at radius 1 is 1.00 bits per heavy atom. The Kier molecular flexibility index (Phi) is 5.27. The van der Waals surface area contributed by atoms with Crippen LogP contribution in [0.2, 0.25) is 0 Å². The molecule has 5 rings (SSSR count). The van der Waals surface area contributed by atoms with E-state index in [2.05, 4.69) is 69.0 Å². The van der Waals surface area contributed by atoms with Gasteiger partial charge in [-0.25, -0.2) is 0 Å². The lowest BCUT2D eigenvalue weighted by atomic mass is 9.85. The number of benzene rings is 2. The van der Waals surface area contributed by atoms with E-state index in [-0.39, 0.29) is 0 Å². The van der Waals surface area contributed by atoms with Crippen LogP contribution in [0.5, 0.6) is 0 Å². The van der Waals surface area contributed by atoms with E-state index in [0.717, 1.165) is 25.2 Å². The minimum atomic E-state index is 0.560. The summed E-state index contributed by atoms with van der Waals surface area (Å²) in [5.41, 5.74) is 13.4. The molecule has 0 fully saturated rings. The molecule has 3 aliphatic rings. The summed E-state index contributed by atoms with van der Waals surface area (Å²) in [7, 11) is 0. The molecule has 0 bridgehead atoms. The Bertz CT molecular complexity index is 1050. The highest BCUT2D eigenvalue weighted by atomic mass is 14.4. The molecule has 154 valence electrons. The van der Waals surface area contributed by atoms with E-state index in [1.807, 2.05) is 0 Å². The molecule has 0 N–H and O–H groups in total. The van der Waals surface area contributed by atoms with Gasteiger partial charge in [0.15, 0.2) is 0 Å². The zero-order chi connectivity index (χ0) is 20.7. The number of allylic oxidation sites excluding steroid dienone is 5. The third-order valence-corrected chi connectivity index (χ3v) is 7.76. The minimum Gasteiger partial charge on any atom is -0.0952 e. The summed E-state index contributed by atoms with van der Waals surface area (Å²) in [4.78, 5) is 0. The molecule has 2 atom stereocenters. The normalized spacial score (nSPS) is 19.6. The molecule has 0 spiro atoms. The van der Waals surface area contributed by atoms with E-state index in [0.29, 0.717) is 5.92 Å². The van der Waals surface area contributed by atoms with Crippen LogP contribution < -0.4 is 0 Å². The number of fused-ring (bicyclic) bond motifs is 5. The first-order valence-electron chi connectivity index (χ1n) is 12.1. The van der Waals surface area contributed by atoms with Crippen molar-refractivity contribution in [2.45, 2.75) is 71.1 Å². The van der Waals surface area contributed by atoms with Crippen molar-refractivity contribution in [2.75, 3.05) is 0 Å². The smallest absolute Gasteiger partial charge is 0.0102 e. The topological polar surface area (TPSA) is 0 Å². The lowest BCUT2D eigenvalue weighted by molar-refractivity contribution is 0.411. The van der Waals surface area contributed by atoms with Crippen molar-refractivity contribution in [3.05, 3.63) is 83.0 Å². The molecule has 0 saturated carbocycles. The van der Waals surface area contributed by atoms with Crippen molar-refractivity contribution in [3.8, 4) is 11.1 Å². The molecular formula is C30H34. The predicted octanol–water partition coefficient (Wildman–Crippen LogP) is 8.71. The first-order valence-corrected chi connectivity index (χ1v) is 12.1. The molecule has 0 heterocycles. The zero-order valence-electron chi connectivity index (χ0n) is 18.6. The van der Waals surface area contributed by atoms with Gasteiger partial charge in [0, 0.05) is 5.92 Å². The fraction of sp³-hybridized carbons (Fsp3) is 0.400. The SMILES string of the molecule is C=C1CCc2c1ccc1c2-c2cc(C3=CC=CC3)ccc2C1CCC(CC)CCC. The van der Waals surface area contributed by atoms with Gasteiger partial charge in [0.2, 0.25) is 0 Å². The Balaban J connectivity index is 1.58. The van der Waals surface area contributed by atoms with Crippen LogP contribution >= 0.6 is 0 Å². The van der Waals surface area contributed by atoms with Crippen LogP contribution in [0, 0.1) is 5.92 Å². The molecule has 3 aliphatic carbocycles. The van der Waals surface area contributed by atoms with Crippen molar-refractivity contribution in [1.29, 1.82) is 0 Å². The van der Waals surface area contributed by atoms with Gasteiger partial charge in [0.05, 0.1) is 0 Å². The van der Waals surface area contributed by atoms with Crippen molar-refractivity contribution in [2.24, 2.45) is 5.92 Å². The lowest BCUT2D eigenvalue weighted by Gasteiger charge is -2.19. The maximum atomic E-state index is 4.35. The lowest BCUT2D eigenvalue weighted by Crippen LogP contribution is -2.04. The maximum absolute atomic E-state index is 4.35. The zero-order valence-corrected chi connectivity index (χ0v) is 18.6. The number of hydrogen-bond acceptors (Lipinski definition) is 0. The Labute approximate surface area is 182 Å². The van der Waals surface area contributed by atoms with Crippen molar-refractivity contribution in [1.82, 2.24) is 0 Å². The van der Waals surface area contributed by atoms with E-state index in [4.69, 9.17) is 0 Å². The molecule has 0 aromatic heterocycles. The molecule has 0 radical (unpaired) electrons. The Morgan fingerprint density at radius 2 is 1.87 bits per heavy atom. The van der Waals surface area contributed by atoms with E-state index in [1.54, 1.807) is 22.3 Å². The third kappa shape index (κ3) is 3.22. The van der Waals surface area contributed by atoms with Crippen LogP contribution in [-0.2, 0) is 6.42 Å². The Hall–Kier alpha value is -2.34. The van der Waals surface area contributed by atoms with Crippen LogP contribution in [0.1, 0.15) is 92.5 Å². The van der Waals surface area contributed by atoms with Crippen LogP contribution in [0.15, 0.2) is 55.1 Å². The minimum absolute atomic E-state index is 0.560. The van der Waals surface area contributed by atoms with Crippen LogP contribution in [0.25, 0.3) is 22.3 Å². The molecular weight excluding hydrogens is 360 g/mol. The van der Waals surface area contributed by atoms with Gasteiger partial charge in [-0.15, -0.1) is 0 Å². The molecule has 30 heavy (non-hydrogen) atoms. The maximum Gasteiger partial charge on any atom is 0.0102 e. The molecule has 0 nitrogen and oxygen atoms in total. The number of hydrogen-bond donors (Lipinski definition) is 0. The number of rotatable bonds is 7. The van der Waals surface area contributed by atoms with E-state index in [9.17, 15) is 0 Å². The summed E-state index contributed by atoms with van der Waals surface area (Å²) < 4.78 is 0. The van der Waals surface area contributed by atoms with Crippen LogP contribution in [0.3, 0.4) is 0 Å². The summed E-state index contributed by atoms with van der Waals surface area (Å²) in [6.07, 6.45) is 16.7. The second-order valence-electron chi connectivity index (χ2n) is 9.48. The van der Waals surface area contributed by atoms with Gasteiger partial charge in [-0.2, -0.15) is 0 Å². The molecule has 2 unspecified atom stereocenters. The standard InChI is InChI=1S/C30H34/c1-4-8-21(5-2)12-15-25-26-16-13-23(22-9-6-7-10-22)19-29(26)30-27-14-11-20(3)24(27)17-18-28(25)30/h6-7,9,13,16-19,21,25H,3-5,8,10-12,14-15H2,1-2H3. The van der Waals surface area contributed by atoms with Gasteiger partial charge < -0.3 is 0 Å².